The van der Waals surface area contributed by atoms with Crippen molar-refractivity contribution in [2.24, 2.45) is 0 Å². The molecule has 7 atom stereocenters. The number of nitrogens with one attached hydrogen (secondary N) is 1. The van der Waals surface area contributed by atoms with Crippen LogP contribution in [0.4, 0.5) is 0 Å². The second kappa shape index (κ2) is 33.1. The quantitative estimate of drug-likeness (QED) is 0.0202. The van der Waals surface area contributed by atoms with E-state index in [1.165, 1.54) is 57.8 Å². The molecule has 1 fully saturated rings. The smallest absolute Gasteiger partial charge is 0.462 e. The van der Waals surface area contributed by atoms with Crippen LogP contribution in [-0.2, 0) is 37.7 Å². The largest absolute Gasteiger partial charge is 0.470 e. The van der Waals surface area contributed by atoms with Crippen molar-refractivity contribution >= 4 is 25.7 Å². The van der Waals surface area contributed by atoms with Gasteiger partial charge in [-0.25, -0.2) is 4.57 Å². The number of carbonyl (C=O) groups excluding carboxylic acids is 3. The van der Waals surface area contributed by atoms with Crippen LogP contribution in [0.15, 0.2) is 0 Å². The van der Waals surface area contributed by atoms with E-state index < -0.39 is 81.5 Å². The Morgan fingerprint density at radius 3 is 1.63 bits per heavy atom. The zero-order chi connectivity index (χ0) is 42.3. The molecule has 336 valence electrons. The van der Waals surface area contributed by atoms with Crippen LogP contribution >= 0.6 is 7.82 Å². The maximum atomic E-state index is 13.6. The summed E-state index contributed by atoms with van der Waals surface area (Å²) in [6.07, 6.45) is 15.7. The molecule has 1 saturated heterocycles. The van der Waals surface area contributed by atoms with E-state index in [-0.39, 0.29) is 12.8 Å². The number of hydrogen-bond acceptors (Lipinski definition) is 11. The molecular weight excluding hydrogens is 757 g/mol. The second-order valence-corrected chi connectivity index (χ2v) is 17.1. The summed E-state index contributed by atoms with van der Waals surface area (Å²) in [5.41, 5.74) is 0. The van der Waals surface area contributed by atoms with E-state index in [0.29, 0.717) is 25.7 Å². The van der Waals surface area contributed by atoms with Crippen molar-refractivity contribution in [1.29, 1.82) is 0 Å². The van der Waals surface area contributed by atoms with Crippen molar-refractivity contribution in [3.05, 3.63) is 0 Å². The highest BCUT2D eigenvalue weighted by molar-refractivity contribution is 7.46. The zero-order valence-corrected chi connectivity index (χ0v) is 36.4. The first-order valence-corrected chi connectivity index (χ1v) is 23.9. The fourth-order valence-corrected chi connectivity index (χ4v) is 7.86. The van der Waals surface area contributed by atoms with Gasteiger partial charge in [0.2, 0.25) is 5.91 Å². The first-order valence-electron chi connectivity index (χ1n) is 22.4. The maximum Gasteiger partial charge on any atom is 0.470 e. The van der Waals surface area contributed by atoms with Gasteiger partial charge < -0.3 is 44.6 Å². The summed E-state index contributed by atoms with van der Waals surface area (Å²) in [5.74, 6) is -2.08. The number of ether oxygens (including phenoxy) is 3. The van der Waals surface area contributed by atoms with Crippen LogP contribution < -0.4 is 5.32 Å². The average Bonchev–Trinajstić information content (AvgIpc) is 3.15. The minimum absolute atomic E-state index is 0.203. The minimum Gasteiger partial charge on any atom is -0.462 e. The SMILES string of the molecule is CCCCCCCCCCC[C@@H](O)CC(=O)N[C@@H]1[C@@H](OC(=O)C[C@H](CCCCCCCCCCC)OC(=O)CCCCCCC)[C@H](OP(=O)(O)O)[C@@H](CO)O[C@H]1O. The Morgan fingerprint density at radius 1 is 0.667 bits per heavy atom. The van der Waals surface area contributed by atoms with Crippen LogP contribution in [0.1, 0.15) is 201 Å². The Kier molecular flexibility index (Phi) is 31.0. The molecule has 0 aliphatic carbocycles. The van der Waals surface area contributed by atoms with Gasteiger partial charge in [0, 0.05) is 6.42 Å². The summed E-state index contributed by atoms with van der Waals surface area (Å²) >= 11 is 0. The van der Waals surface area contributed by atoms with E-state index in [0.717, 1.165) is 77.0 Å². The third kappa shape index (κ3) is 27.0. The monoisotopic (exact) mass is 838 g/mol. The number of rotatable bonds is 36. The highest BCUT2D eigenvalue weighted by Crippen LogP contribution is 2.42. The first kappa shape index (κ1) is 53.4. The van der Waals surface area contributed by atoms with E-state index in [2.05, 4.69) is 26.1 Å². The summed E-state index contributed by atoms with van der Waals surface area (Å²) in [6.45, 7) is 5.60. The van der Waals surface area contributed by atoms with Crippen molar-refractivity contribution in [3.63, 3.8) is 0 Å². The number of amides is 1. The molecule has 1 aliphatic heterocycles. The van der Waals surface area contributed by atoms with E-state index in [9.17, 15) is 44.1 Å². The Bertz CT molecular complexity index is 1090. The molecule has 0 aromatic heterocycles. The van der Waals surface area contributed by atoms with E-state index in [4.69, 9.17) is 18.7 Å². The molecule has 6 N–H and O–H groups in total. The number of phosphoric acid groups is 1. The molecule has 0 bridgehead atoms. The Hall–Kier alpha value is -1.64. The lowest BCUT2D eigenvalue weighted by atomic mass is 9.96. The average molecular weight is 838 g/mol. The van der Waals surface area contributed by atoms with Crippen LogP contribution in [0.3, 0.4) is 0 Å². The van der Waals surface area contributed by atoms with Crippen molar-refractivity contribution in [1.82, 2.24) is 5.32 Å². The predicted octanol–water partition coefficient (Wildman–Crippen LogP) is 7.83. The molecule has 0 aromatic rings. The molecule has 15 heteroatoms. The Balaban J connectivity index is 2.98. The molecule has 1 aliphatic rings. The van der Waals surface area contributed by atoms with Crippen LogP contribution in [0, 0.1) is 0 Å². The highest BCUT2D eigenvalue weighted by atomic mass is 31.2. The van der Waals surface area contributed by atoms with Crippen molar-refractivity contribution in [2.45, 2.75) is 243 Å². The van der Waals surface area contributed by atoms with Gasteiger partial charge in [0.05, 0.1) is 25.6 Å². The molecule has 57 heavy (non-hydrogen) atoms. The third-order valence-corrected chi connectivity index (χ3v) is 11.1. The molecule has 1 rings (SSSR count). The fraction of sp³-hybridized carbons (Fsp3) is 0.929. The summed E-state index contributed by atoms with van der Waals surface area (Å²) in [4.78, 5) is 59.0. The molecule has 0 saturated carbocycles. The van der Waals surface area contributed by atoms with Gasteiger partial charge >= 0.3 is 19.8 Å². The molecule has 0 spiro atoms. The van der Waals surface area contributed by atoms with E-state index in [1.54, 1.807) is 0 Å². The summed E-state index contributed by atoms with van der Waals surface area (Å²) in [7, 11) is -5.28. The number of unbranched alkanes of at least 4 members (excludes halogenated alkanes) is 20. The summed E-state index contributed by atoms with van der Waals surface area (Å²) < 4.78 is 33.8. The van der Waals surface area contributed by atoms with Gasteiger partial charge in [-0.2, -0.15) is 0 Å². The maximum absolute atomic E-state index is 13.6. The van der Waals surface area contributed by atoms with Gasteiger partial charge in [-0.15, -0.1) is 0 Å². The first-order chi connectivity index (χ1) is 27.3. The third-order valence-electron chi connectivity index (χ3n) is 10.6. The van der Waals surface area contributed by atoms with Gasteiger partial charge in [0.15, 0.2) is 12.4 Å². The van der Waals surface area contributed by atoms with Gasteiger partial charge in [0.1, 0.15) is 24.4 Å². The highest BCUT2D eigenvalue weighted by Gasteiger charge is 2.51. The fourth-order valence-electron chi connectivity index (χ4n) is 7.29. The number of aliphatic hydroxyl groups is 3. The molecule has 1 amide bonds. The number of hydrogen-bond donors (Lipinski definition) is 6. The lowest BCUT2D eigenvalue weighted by molar-refractivity contribution is -0.256. The summed E-state index contributed by atoms with van der Waals surface area (Å²) in [5, 5.41) is 34.0. The second-order valence-electron chi connectivity index (χ2n) is 15.9. The van der Waals surface area contributed by atoms with Gasteiger partial charge in [-0.1, -0.05) is 156 Å². The van der Waals surface area contributed by atoms with Crippen molar-refractivity contribution in [3.8, 4) is 0 Å². The normalized spacial score (nSPS) is 20.9. The molecule has 1 heterocycles. The van der Waals surface area contributed by atoms with Gasteiger partial charge in [0.25, 0.3) is 0 Å². The standard InChI is InChI=1S/C42H80NO13P/c1-4-7-10-13-15-17-19-22-24-27-33(45)30-36(46)43-39-41(40(56-57(50,51)52)35(32-44)54-42(39)49)55-38(48)31-34(53-37(47)29-26-21-12-9-6-3)28-25-23-20-18-16-14-11-8-5-2/h33-35,39-42,44-45,49H,4-32H2,1-3H3,(H,43,46)(H2,50,51,52)/t33-,34+,35-,39-,40-,41-,42-/m1/s1. The number of aliphatic hydroxyl groups excluding tert-OH is 3. The lowest BCUT2D eigenvalue weighted by Crippen LogP contribution is -2.65. The Labute approximate surface area is 343 Å². The topological polar surface area (TPSA) is 218 Å². The molecule has 0 radical (unpaired) electrons. The van der Waals surface area contributed by atoms with E-state index in [1.807, 2.05) is 0 Å². The number of esters is 2. The van der Waals surface area contributed by atoms with E-state index >= 15 is 0 Å². The van der Waals surface area contributed by atoms with Crippen molar-refractivity contribution in [2.75, 3.05) is 6.61 Å². The molecule has 0 aromatic carbocycles. The lowest BCUT2D eigenvalue weighted by Gasteiger charge is -2.43. The predicted molar refractivity (Wildman–Crippen MR) is 219 cm³/mol. The molecular formula is C42H80NO13P. The molecule has 14 nitrogen and oxygen atoms in total. The number of phosphoric ester groups is 1. The minimum atomic E-state index is -5.28. The summed E-state index contributed by atoms with van der Waals surface area (Å²) in [6, 6.07) is -1.58. The van der Waals surface area contributed by atoms with Crippen LogP contribution in [0.5, 0.6) is 0 Å². The van der Waals surface area contributed by atoms with Crippen LogP contribution in [-0.4, -0.2) is 92.4 Å². The number of carbonyl (C=O) groups is 3. The molecule has 0 unspecified atom stereocenters. The Morgan fingerprint density at radius 2 is 1.14 bits per heavy atom. The zero-order valence-electron chi connectivity index (χ0n) is 35.5. The van der Waals surface area contributed by atoms with Crippen LogP contribution in [0.2, 0.25) is 0 Å². The van der Waals surface area contributed by atoms with Gasteiger partial charge in [-0.05, 0) is 25.7 Å². The van der Waals surface area contributed by atoms with Crippen molar-refractivity contribution < 1.29 is 62.8 Å². The van der Waals surface area contributed by atoms with Crippen LogP contribution in [0.25, 0.3) is 0 Å². The van der Waals surface area contributed by atoms with Gasteiger partial charge in [-0.3, -0.25) is 18.9 Å².